The van der Waals surface area contributed by atoms with Crippen LogP contribution in [0.3, 0.4) is 0 Å². The van der Waals surface area contributed by atoms with Crippen molar-refractivity contribution in [3.8, 4) is 5.75 Å². The zero-order valence-corrected chi connectivity index (χ0v) is 14.2. The molecule has 0 aromatic heterocycles. The molecule has 1 aromatic rings. The third-order valence-electron chi connectivity index (χ3n) is 3.96. The molecule has 1 atom stereocenters. The normalized spacial score (nSPS) is 22.4. The first-order valence-corrected chi connectivity index (χ1v) is 8.12. The molecule has 1 aliphatic rings. The predicted octanol–water partition coefficient (Wildman–Crippen LogP) is 1.86. The molecule has 0 saturated carbocycles. The van der Waals surface area contributed by atoms with Crippen molar-refractivity contribution in [2.45, 2.75) is 31.2 Å². The first-order chi connectivity index (χ1) is 9.29. The number of para-hydroxylation sites is 1. The van der Waals surface area contributed by atoms with Gasteiger partial charge in [0.25, 0.3) is 0 Å². The van der Waals surface area contributed by atoms with Crippen LogP contribution in [0.15, 0.2) is 29.2 Å². The summed E-state index contributed by atoms with van der Waals surface area (Å²) in [6, 6.07) is 6.72. The molecule has 21 heavy (non-hydrogen) atoms. The van der Waals surface area contributed by atoms with Crippen molar-refractivity contribution < 1.29 is 13.2 Å². The van der Waals surface area contributed by atoms with Crippen LogP contribution < -0.4 is 10.5 Å². The molecule has 2 rings (SSSR count). The minimum atomic E-state index is -3.55. The fraction of sp³-hybridized carbons (Fsp3) is 0.571. The third kappa shape index (κ3) is 3.51. The smallest absolute Gasteiger partial charge is 0.246 e. The molecule has 0 amide bonds. The van der Waals surface area contributed by atoms with Crippen LogP contribution in [-0.4, -0.2) is 39.0 Å². The first-order valence-electron chi connectivity index (χ1n) is 6.68. The molecule has 2 N–H and O–H groups in total. The van der Waals surface area contributed by atoms with Gasteiger partial charge in [-0.3, -0.25) is 0 Å². The van der Waals surface area contributed by atoms with Crippen molar-refractivity contribution in [1.29, 1.82) is 0 Å². The molecule has 1 heterocycles. The lowest BCUT2D eigenvalue weighted by molar-refractivity contribution is 0.155. The Morgan fingerprint density at radius 1 is 1.33 bits per heavy atom. The number of piperidine rings is 1. The van der Waals surface area contributed by atoms with Crippen LogP contribution in [-0.2, 0) is 10.0 Å². The van der Waals surface area contributed by atoms with E-state index in [1.807, 2.05) is 13.8 Å². The van der Waals surface area contributed by atoms with Crippen LogP contribution in [0, 0.1) is 5.41 Å². The number of hydrogen-bond donors (Lipinski definition) is 1. The van der Waals surface area contributed by atoms with Gasteiger partial charge >= 0.3 is 0 Å². The quantitative estimate of drug-likeness (QED) is 0.915. The number of ether oxygens (including phenoxy) is 1. The van der Waals surface area contributed by atoms with E-state index in [9.17, 15) is 8.42 Å². The van der Waals surface area contributed by atoms with Gasteiger partial charge in [0.15, 0.2) is 0 Å². The second-order valence-electron chi connectivity index (χ2n) is 5.87. The molecule has 5 nitrogen and oxygen atoms in total. The highest BCUT2D eigenvalue weighted by Gasteiger charge is 2.39. The number of hydrogen-bond acceptors (Lipinski definition) is 4. The fourth-order valence-corrected chi connectivity index (χ4v) is 4.28. The Morgan fingerprint density at radius 3 is 2.52 bits per heavy atom. The van der Waals surface area contributed by atoms with E-state index in [4.69, 9.17) is 10.5 Å². The van der Waals surface area contributed by atoms with E-state index in [0.29, 0.717) is 25.3 Å². The number of methoxy groups -OCH3 is 1. The van der Waals surface area contributed by atoms with E-state index in [-0.39, 0.29) is 28.8 Å². The van der Waals surface area contributed by atoms with E-state index in [0.717, 1.165) is 0 Å². The Bertz CT molecular complexity index is 590. The molecular weight excluding hydrogens is 312 g/mol. The van der Waals surface area contributed by atoms with E-state index in [2.05, 4.69) is 0 Å². The molecule has 120 valence electrons. The molecule has 1 unspecified atom stereocenters. The molecule has 0 aliphatic carbocycles. The molecule has 1 fully saturated rings. The van der Waals surface area contributed by atoms with Crippen molar-refractivity contribution in [3.63, 3.8) is 0 Å². The van der Waals surface area contributed by atoms with Crippen LogP contribution in [0.5, 0.6) is 5.75 Å². The third-order valence-corrected chi connectivity index (χ3v) is 5.85. The van der Waals surface area contributed by atoms with E-state index < -0.39 is 10.0 Å². The number of halogens is 1. The Morgan fingerprint density at radius 2 is 1.95 bits per heavy atom. The minimum absolute atomic E-state index is 0. The maximum absolute atomic E-state index is 12.8. The van der Waals surface area contributed by atoms with Crippen molar-refractivity contribution in [2.75, 3.05) is 20.2 Å². The van der Waals surface area contributed by atoms with Gasteiger partial charge in [0.2, 0.25) is 10.0 Å². The van der Waals surface area contributed by atoms with Crippen LogP contribution >= 0.6 is 12.4 Å². The second-order valence-corrected chi connectivity index (χ2v) is 7.78. The first kappa shape index (κ1) is 18.2. The second kappa shape index (κ2) is 6.52. The Balaban J connectivity index is 0.00000220. The van der Waals surface area contributed by atoms with E-state index in [1.165, 1.54) is 11.4 Å². The molecule has 7 heteroatoms. The summed E-state index contributed by atoms with van der Waals surface area (Å²) in [4.78, 5) is 0.216. The van der Waals surface area contributed by atoms with Crippen LogP contribution in [0.1, 0.15) is 20.3 Å². The highest BCUT2D eigenvalue weighted by Crippen LogP contribution is 2.33. The summed E-state index contributed by atoms with van der Waals surface area (Å²) in [5.41, 5.74) is 5.84. The van der Waals surface area contributed by atoms with Crippen molar-refractivity contribution in [1.82, 2.24) is 4.31 Å². The van der Waals surface area contributed by atoms with Gasteiger partial charge in [0.1, 0.15) is 10.6 Å². The number of sulfonamides is 1. The molecule has 1 aliphatic heterocycles. The average Bonchev–Trinajstić information content (AvgIpc) is 2.41. The summed E-state index contributed by atoms with van der Waals surface area (Å²) in [5.74, 6) is 0.375. The van der Waals surface area contributed by atoms with Crippen molar-refractivity contribution in [2.24, 2.45) is 11.1 Å². The summed E-state index contributed by atoms with van der Waals surface area (Å²) < 4.78 is 32.2. The maximum Gasteiger partial charge on any atom is 0.246 e. The molecule has 1 aromatic carbocycles. The largest absolute Gasteiger partial charge is 0.495 e. The van der Waals surface area contributed by atoms with Gasteiger partial charge in [0, 0.05) is 19.1 Å². The summed E-state index contributed by atoms with van der Waals surface area (Å²) in [6.45, 7) is 4.88. The van der Waals surface area contributed by atoms with Gasteiger partial charge in [0.05, 0.1) is 7.11 Å². The van der Waals surface area contributed by atoms with Crippen LogP contribution in [0.2, 0.25) is 0 Å². The monoisotopic (exact) mass is 334 g/mol. The van der Waals surface area contributed by atoms with E-state index >= 15 is 0 Å². The molecular formula is C14H23ClN2O3S. The molecule has 0 spiro atoms. The zero-order chi connectivity index (χ0) is 15.0. The summed E-state index contributed by atoms with van der Waals surface area (Å²) in [5, 5.41) is 0. The fourth-order valence-electron chi connectivity index (χ4n) is 2.50. The van der Waals surface area contributed by atoms with Gasteiger partial charge in [-0.15, -0.1) is 12.4 Å². The minimum Gasteiger partial charge on any atom is -0.495 e. The molecule has 0 bridgehead atoms. The zero-order valence-electron chi connectivity index (χ0n) is 12.6. The van der Waals surface area contributed by atoms with Gasteiger partial charge in [-0.1, -0.05) is 26.0 Å². The maximum atomic E-state index is 12.8. The number of benzene rings is 1. The standard InChI is InChI=1S/C14H22N2O3S.ClH/c1-14(2)10-16(9-8-13(14)15)20(17,18)12-7-5-4-6-11(12)19-3;/h4-7,13H,8-10,15H2,1-3H3;1H. The average molecular weight is 335 g/mol. The highest BCUT2D eigenvalue weighted by molar-refractivity contribution is 7.89. The summed E-state index contributed by atoms with van der Waals surface area (Å²) >= 11 is 0. The van der Waals surface area contributed by atoms with Gasteiger partial charge < -0.3 is 10.5 Å². The molecule has 1 saturated heterocycles. The Labute approximate surface area is 132 Å². The topological polar surface area (TPSA) is 72.6 Å². The highest BCUT2D eigenvalue weighted by atomic mass is 35.5. The lowest BCUT2D eigenvalue weighted by Gasteiger charge is -2.41. The predicted molar refractivity (Wildman–Crippen MR) is 85.4 cm³/mol. The number of rotatable bonds is 3. The van der Waals surface area contributed by atoms with E-state index in [1.54, 1.807) is 24.3 Å². The number of nitrogens with zero attached hydrogens (tertiary/aromatic N) is 1. The van der Waals surface area contributed by atoms with Crippen LogP contribution in [0.25, 0.3) is 0 Å². The van der Waals surface area contributed by atoms with Crippen molar-refractivity contribution >= 4 is 22.4 Å². The Hall–Kier alpha value is -0.820. The SMILES string of the molecule is COc1ccccc1S(=O)(=O)N1CCC(N)C(C)(C)C1.Cl. The number of nitrogens with two attached hydrogens (primary N) is 1. The van der Waals surface area contributed by atoms with Crippen molar-refractivity contribution in [3.05, 3.63) is 24.3 Å². The summed E-state index contributed by atoms with van der Waals surface area (Å²) in [6.07, 6.45) is 0.668. The lowest BCUT2D eigenvalue weighted by Crippen LogP contribution is -2.53. The van der Waals surface area contributed by atoms with Gasteiger partial charge in [-0.2, -0.15) is 4.31 Å². The van der Waals surface area contributed by atoms with Gasteiger partial charge in [-0.25, -0.2) is 8.42 Å². The molecule has 0 radical (unpaired) electrons. The summed E-state index contributed by atoms with van der Waals surface area (Å²) in [7, 11) is -2.07. The lowest BCUT2D eigenvalue weighted by atomic mass is 9.81. The Kier molecular flexibility index (Phi) is 5.66. The van der Waals surface area contributed by atoms with Gasteiger partial charge in [-0.05, 0) is 24.0 Å². The van der Waals surface area contributed by atoms with Crippen LogP contribution in [0.4, 0.5) is 0 Å².